The van der Waals surface area contributed by atoms with Crippen molar-refractivity contribution in [1.82, 2.24) is 15.5 Å². The van der Waals surface area contributed by atoms with E-state index in [-0.39, 0.29) is 6.04 Å². The molecule has 0 saturated heterocycles. The van der Waals surface area contributed by atoms with E-state index in [0.717, 1.165) is 5.56 Å². The van der Waals surface area contributed by atoms with Crippen LogP contribution in [0.5, 0.6) is 5.75 Å². The Morgan fingerprint density at radius 2 is 2.26 bits per heavy atom. The van der Waals surface area contributed by atoms with Crippen LogP contribution in [0.15, 0.2) is 22.7 Å². The first-order valence-corrected chi connectivity index (χ1v) is 6.35. The number of hydrogen-bond donors (Lipinski definition) is 1. The average molecular weight is 282 g/mol. The lowest BCUT2D eigenvalue weighted by molar-refractivity contribution is 0.365. The fourth-order valence-corrected chi connectivity index (χ4v) is 1.82. The number of halogens is 1. The molecule has 1 aromatic heterocycles. The second kappa shape index (κ2) is 6.04. The summed E-state index contributed by atoms with van der Waals surface area (Å²) in [6.45, 7) is 2.05. The van der Waals surface area contributed by atoms with Crippen LogP contribution in [0.3, 0.4) is 0 Å². The van der Waals surface area contributed by atoms with Crippen molar-refractivity contribution in [3.05, 3.63) is 29.1 Å². The number of nitrogens with zero attached hydrogens (tertiary/aromatic N) is 2. The predicted octanol–water partition coefficient (Wildman–Crippen LogP) is 2.55. The molecule has 0 fully saturated rings. The Kier molecular flexibility index (Phi) is 4.39. The molecule has 1 aromatic carbocycles. The van der Waals surface area contributed by atoms with Crippen LogP contribution >= 0.6 is 11.6 Å². The van der Waals surface area contributed by atoms with E-state index in [1.165, 1.54) is 0 Å². The highest BCUT2D eigenvalue weighted by Crippen LogP contribution is 2.30. The number of nitrogens with one attached hydrogen (secondary N) is 1. The van der Waals surface area contributed by atoms with Gasteiger partial charge in [-0.25, -0.2) is 0 Å². The maximum Gasteiger partial charge on any atom is 0.228 e. The molecule has 0 aliphatic carbocycles. The first-order valence-electron chi connectivity index (χ1n) is 5.97. The van der Waals surface area contributed by atoms with Crippen molar-refractivity contribution < 1.29 is 9.26 Å². The molecule has 1 unspecified atom stereocenters. The lowest BCUT2D eigenvalue weighted by Crippen LogP contribution is -2.23. The van der Waals surface area contributed by atoms with Crippen LogP contribution in [-0.4, -0.2) is 30.3 Å². The van der Waals surface area contributed by atoms with Crippen LogP contribution in [0.4, 0.5) is 0 Å². The first kappa shape index (κ1) is 13.8. The van der Waals surface area contributed by atoms with Crippen LogP contribution in [0.25, 0.3) is 11.4 Å². The molecule has 19 heavy (non-hydrogen) atoms. The molecule has 0 saturated carbocycles. The lowest BCUT2D eigenvalue weighted by atomic mass is 10.2. The zero-order valence-corrected chi connectivity index (χ0v) is 11.9. The molecule has 6 heteroatoms. The molecule has 0 spiro atoms. The van der Waals surface area contributed by atoms with Crippen molar-refractivity contribution in [3.8, 4) is 17.1 Å². The maximum absolute atomic E-state index is 5.92. The van der Waals surface area contributed by atoms with Crippen molar-refractivity contribution in [2.24, 2.45) is 0 Å². The number of rotatable bonds is 5. The summed E-state index contributed by atoms with van der Waals surface area (Å²) in [6.07, 6.45) is 0.680. The Labute approximate surface area is 116 Å². The van der Waals surface area contributed by atoms with Crippen molar-refractivity contribution in [2.45, 2.75) is 19.4 Å². The molecule has 1 atom stereocenters. The van der Waals surface area contributed by atoms with Crippen LogP contribution < -0.4 is 10.1 Å². The van der Waals surface area contributed by atoms with Gasteiger partial charge >= 0.3 is 0 Å². The Morgan fingerprint density at radius 1 is 1.47 bits per heavy atom. The number of hydrogen-bond acceptors (Lipinski definition) is 5. The van der Waals surface area contributed by atoms with E-state index in [1.807, 2.05) is 20.0 Å². The monoisotopic (exact) mass is 281 g/mol. The average Bonchev–Trinajstić information content (AvgIpc) is 2.86. The van der Waals surface area contributed by atoms with Crippen molar-refractivity contribution >= 4 is 11.6 Å². The lowest BCUT2D eigenvalue weighted by Gasteiger charge is -2.05. The summed E-state index contributed by atoms with van der Waals surface area (Å²) in [7, 11) is 3.48. The fraction of sp³-hybridized carbons (Fsp3) is 0.385. The van der Waals surface area contributed by atoms with Gasteiger partial charge in [-0.05, 0) is 32.2 Å². The number of ether oxygens (including phenoxy) is 1. The summed E-state index contributed by atoms with van der Waals surface area (Å²) in [5, 5.41) is 7.70. The predicted molar refractivity (Wildman–Crippen MR) is 73.5 cm³/mol. The topological polar surface area (TPSA) is 60.2 Å². The number of methoxy groups -OCH3 is 1. The summed E-state index contributed by atoms with van der Waals surface area (Å²) in [4.78, 5) is 4.37. The molecule has 2 rings (SSSR count). The van der Waals surface area contributed by atoms with Crippen LogP contribution in [0, 0.1) is 0 Å². The highest BCUT2D eigenvalue weighted by Gasteiger charge is 2.14. The van der Waals surface area contributed by atoms with E-state index in [9.17, 15) is 0 Å². The summed E-state index contributed by atoms with van der Waals surface area (Å²) >= 11 is 5.92. The van der Waals surface area contributed by atoms with Crippen LogP contribution in [-0.2, 0) is 6.42 Å². The van der Waals surface area contributed by atoms with Crippen LogP contribution in [0.1, 0.15) is 12.8 Å². The zero-order valence-electron chi connectivity index (χ0n) is 11.1. The van der Waals surface area contributed by atoms with Gasteiger partial charge in [0, 0.05) is 17.5 Å². The third kappa shape index (κ3) is 3.24. The van der Waals surface area contributed by atoms with Gasteiger partial charge in [0.25, 0.3) is 0 Å². The SMILES string of the molecule is CNC(C)Cc1nc(-c2ccc(Cl)cc2OC)no1. The van der Waals surface area contributed by atoms with Gasteiger partial charge in [0.05, 0.1) is 12.7 Å². The Balaban J connectivity index is 2.27. The molecule has 0 aliphatic rings. The van der Waals surface area contributed by atoms with Gasteiger partial charge in [0.15, 0.2) is 0 Å². The third-order valence-electron chi connectivity index (χ3n) is 2.85. The van der Waals surface area contributed by atoms with Gasteiger partial charge < -0.3 is 14.6 Å². The van der Waals surface area contributed by atoms with Gasteiger partial charge in [-0.3, -0.25) is 0 Å². The quantitative estimate of drug-likeness (QED) is 0.913. The van der Waals surface area contributed by atoms with Crippen molar-refractivity contribution in [3.63, 3.8) is 0 Å². The number of likely N-dealkylation sites (N-methyl/N-ethyl adjacent to an activating group) is 1. The smallest absolute Gasteiger partial charge is 0.228 e. The fourth-order valence-electron chi connectivity index (χ4n) is 1.66. The van der Waals surface area contributed by atoms with Crippen LogP contribution in [0.2, 0.25) is 5.02 Å². The molecule has 1 N–H and O–H groups in total. The summed E-state index contributed by atoms with van der Waals surface area (Å²) in [6, 6.07) is 5.59. The molecule has 0 aliphatic heterocycles. The molecule has 102 valence electrons. The van der Waals surface area contributed by atoms with Gasteiger partial charge in [-0.15, -0.1) is 0 Å². The Hall–Kier alpha value is -1.59. The van der Waals surface area contributed by atoms with Gasteiger partial charge in [0.1, 0.15) is 5.75 Å². The highest BCUT2D eigenvalue weighted by molar-refractivity contribution is 6.30. The minimum atomic E-state index is 0.278. The van der Waals surface area contributed by atoms with E-state index in [2.05, 4.69) is 15.5 Å². The van der Waals surface area contributed by atoms with E-state index >= 15 is 0 Å². The summed E-state index contributed by atoms with van der Waals surface area (Å²) < 4.78 is 10.5. The highest BCUT2D eigenvalue weighted by atomic mass is 35.5. The van der Waals surface area contributed by atoms with Crippen molar-refractivity contribution in [1.29, 1.82) is 0 Å². The third-order valence-corrected chi connectivity index (χ3v) is 3.08. The van der Waals surface area contributed by atoms with Crippen molar-refractivity contribution in [2.75, 3.05) is 14.2 Å². The summed E-state index contributed by atoms with van der Waals surface area (Å²) in [5.41, 5.74) is 0.763. The van der Waals surface area contributed by atoms with E-state index in [0.29, 0.717) is 28.9 Å². The van der Waals surface area contributed by atoms with Gasteiger partial charge in [0.2, 0.25) is 11.7 Å². The maximum atomic E-state index is 5.92. The molecule has 5 nitrogen and oxygen atoms in total. The molecular formula is C13H16ClN3O2. The normalized spacial score (nSPS) is 12.4. The van der Waals surface area contributed by atoms with E-state index in [1.54, 1.807) is 19.2 Å². The molecular weight excluding hydrogens is 266 g/mol. The molecule has 2 aromatic rings. The van der Waals surface area contributed by atoms with E-state index in [4.69, 9.17) is 20.9 Å². The molecule has 0 radical (unpaired) electrons. The van der Waals surface area contributed by atoms with Gasteiger partial charge in [-0.1, -0.05) is 16.8 Å². The minimum absolute atomic E-state index is 0.278. The second-order valence-electron chi connectivity index (χ2n) is 4.25. The first-order chi connectivity index (χ1) is 9.13. The molecule has 0 bridgehead atoms. The Bertz CT molecular complexity index is 557. The number of aromatic nitrogens is 2. The second-order valence-corrected chi connectivity index (χ2v) is 4.69. The largest absolute Gasteiger partial charge is 0.496 e. The molecule has 0 amide bonds. The number of benzene rings is 1. The standard InChI is InChI=1S/C13H16ClN3O2/c1-8(15-2)6-12-16-13(17-19-12)10-5-4-9(14)7-11(10)18-3/h4-5,7-8,15H,6H2,1-3H3. The van der Waals surface area contributed by atoms with E-state index < -0.39 is 0 Å². The molecule has 1 heterocycles. The zero-order chi connectivity index (χ0) is 13.8. The van der Waals surface area contributed by atoms with Gasteiger partial charge in [-0.2, -0.15) is 4.98 Å². The summed E-state index contributed by atoms with van der Waals surface area (Å²) in [5.74, 6) is 1.72. The Morgan fingerprint density at radius 3 is 2.95 bits per heavy atom. The minimum Gasteiger partial charge on any atom is -0.496 e.